The molecule has 0 aliphatic carbocycles. The summed E-state index contributed by atoms with van der Waals surface area (Å²) in [6.45, 7) is 8.24. The highest BCUT2D eigenvalue weighted by atomic mass is 16.8. The quantitative estimate of drug-likeness (QED) is 0.761. The summed E-state index contributed by atoms with van der Waals surface area (Å²) in [7, 11) is 0. The molecule has 3 aliphatic rings. The van der Waals surface area contributed by atoms with E-state index in [-0.39, 0.29) is 30.0 Å². The molecule has 0 radical (unpaired) electrons. The maximum Gasteiger partial charge on any atom is 0.164 e. The van der Waals surface area contributed by atoms with Gasteiger partial charge in [-0.25, -0.2) is 0 Å². The Morgan fingerprint density at radius 3 is 2.39 bits per heavy atom. The highest BCUT2D eigenvalue weighted by molar-refractivity contribution is 4.99. The van der Waals surface area contributed by atoms with Crippen LogP contribution in [0.1, 0.15) is 34.1 Å². The summed E-state index contributed by atoms with van der Waals surface area (Å²) in [6, 6.07) is 0. The second-order valence-electron chi connectivity index (χ2n) is 6.57. The first kappa shape index (κ1) is 12.8. The molecule has 18 heavy (non-hydrogen) atoms. The molecule has 0 aromatic heterocycles. The molecule has 0 aromatic carbocycles. The van der Waals surface area contributed by atoms with E-state index in [0.29, 0.717) is 6.61 Å². The Labute approximate surface area is 107 Å². The Bertz CT molecular complexity index is 340. The topological polar surface area (TPSA) is 57.2 Å². The van der Waals surface area contributed by atoms with E-state index in [2.05, 4.69) is 0 Å². The Morgan fingerprint density at radius 1 is 1.11 bits per heavy atom. The minimum atomic E-state index is -0.592. The fourth-order valence-electron chi connectivity index (χ4n) is 3.19. The van der Waals surface area contributed by atoms with E-state index in [1.807, 2.05) is 27.7 Å². The monoisotopic (exact) mass is 258 g/mol. The Balaban J connectivity index is 1.68. The van der Waals surface area contributed by atoms with Gasteiger partial charge in [-0.3, -0.25) is 0 Å². The second kappa shape index (κ2) is 3.90. The molecule has 5 heteroatoms. The molecule has 0 saturated carbocycles. The van der Waals surface area contributed by atoms with E-state index in [1.165, 1.54) is 0 Å². The number of hydrogen-bond acceptors (Lipinski definition) is 5. The fraction of sp³-hybridized carbons (Fsp3) is 1.00. The van der Waals surface area contributed by atoms with Crippen LogP contribution in [-0.2, 0) is 18.9 Å². The largest absolute Gasteiger partial charge is 0.390 e. The summed E-state index contributed by atoms with van der Waals surface area (Å²) in [5.74, 6) is -0.553. The normalized spacial score (nSPS) is 49.5. The Morgan fingerprint density at radius 2 is 1.83 bits per heavy atom. The zero-order valence-electron chi connectivity index (χ0n) is 11.4. The Kier molecular flexibility index (Phi) is 2.78. The van der Waals surface area contributed by atoms with Gasteiger partial charge in [0, 0.05) is 5.92 Å². The SMILES string of the molecule is CC1(C)C[C@H]2C(OC(C3COC(C)(C)O3)[C@@H]2O)O1. The summed E-state index contributed by atoms with van der Waals surface area (Å²) in [5, 5.41) is 10.4. The summed E-state index contributed by atoms with van der Waals surface area (Å²) < 4.78 is 22.9. The van der Waals surface area contributed by atoms with Gasteiger partial charge in [0.2, 0.25) is 0 Å². The van der Waals surface area contributed by atoms with Crippen LogP contribution in [0.5, 0.6) is 0 Å². The predicted octanol–water partition coefficient (Wildman–Crippen LogP) is 1.04. The van der Waals surface area contributed by atoms with Crippen LogP contribution in [0.4, 0.5) is 0 Å². The van der Waals surface area contributed by atoms with Gasteiger partial charge in [-0.2, -0.15) is 0 Å². The van der Waals surface area contributed by atoms with E-state index >= 15 is 0 Å². The number of hydrogen-bond donors (Lipinski definition) is 1. The average molecular weight is 258 g/mol. The summed E-state index contributed by atoms with van der Waals surface area (Å²) in [4.78, 5) is 0. The minimum Gasteiger partial charge on any atom is -0.390 e. The summed E-state index contributed by atoms with van der Waals surface area (Å²) in [6.07, 6.45) is -0.608. The first-order valence-corrected chi connectivity index (χ1v) is 6.61. The van der Waals surface area contributed by atoms with Gasteiger partial charge in [-0.1, -0.05) is 0 Å². The molecule has 3 heterocycles. The van der Waals surface area contributed by atoms with Crippen molar-refractivity contribution in [3.8, 4) is 0 Å². The van der Waals surface area contributed by atoms with Crippen LogP contribution in [-0.4, -0.2) is 47.7 Å². The minimum absolute atomic E-state index is 0.0392. The second-order valence-corrected chi connectivity index (χ2v) is 6.57. The van der Waals surface area contributed by atoms with Gasteiger partial charge in [0.25, 0.3) is 0 Å². The lowest BCUT2D eigenvalue weighted by molar-refractivity contribution is -0.199. The van der Waals surface area contributed by atoms with Crippen LogP contribution in [0.25, 0.3) is 0 Å². The van der Waals surface area contributed by atoms with Gasteiger partial charge in [-0.05, 0) is 34.1 Å². The van der Waals surface area contributed by atoms with Gasteiger partial charge in [0.1, 0.15) is 12.2 Å². The van der Waals surface area contributed by atoms with Crippen molar-refractivity contribution in [3.63, 3.8) is 0 Å². The first-order chi connectivity index (χ1) is 8.27. The van der Waals surface area contributed by atoms with Crippen LogP contribution in [0.15, 0.2) is 0 Å². The number of ether oxygens (including phenoxy) is 4. The number of rotatable bonds is 1. The van der Waals surface area contributed by atoms with E-state index in [4.69, 9.17) is 18.9 Å². The third kappa shape index (κ3) is 2.08. The smallest absolute Gasteiger partial charge is 0.164 e. The van der Waals surface area contributed by atoms with Crippen molar-refractivity contribution in [1.82, 2.24) is 0 Å². The van der Waals surface area contributed by atoms with E-state index < -0.39 is 11.9 Å². The van der Waals surface area contributed by atoms with Gasteiger partial charge >= 0.3 is 0 Å². The van der Waals surface area contributed by atoms with Crippen LogP contribution >= 0.6 is 0 Å². The Hall–Kier alpha value is -0.200. The van der Waals surface area contributed by atoms with Crippen molar-refractivity contribution in [3.05, 3.63) is 0 Å². The highest BCUT2D eigenvalue weighted by Gasteiger charge is 2.56. The molecule has 3 aliphatic heterocycles. The molecular formula is C13H22O5. The first-order valence-electron chi connectivity index (χ1n) is 6.61. The standard InChI is InChI=1S/C13H22O5/c1-12(2)5-7-9(14)10(16-11(7)18-12)8-6-15-13(3,4)17-8/h7-11,14H,5-6H2,1-4H3/t7-,8?,9-,10?,11?/m1/s1. The van der Waals surface area contributed by atoms with Crippen LogP contribution < -0.4 is 0 Å². The lowest BCUT2D eigenvalue weighted by Crippen LogP contribution is -2.40. The summed E-state index contributed by atoms with van der Waals surface area (Å²) >= 11 is 0. The molecule has 0 amide bonds. The van der Waals surface area contributed by atoms with Gasteiger partial charge in [0.15, 0.2) is 12.1 Å². The predicted molar refractivity (Wildman–Crippen MR) is 62.8 cm³/mol. The van der Waals surface area contributed by atoms with E-state index in [9.17, 15) is 5.11 Å². The van der Waals surface area contributed by atoms with Gasteiger partial charge in [-0.15, -0.1) is 0 Å². The van der Waals surface area contributed by atoms with Gasteiger partial charge < -0.3 is 24.1 Å². The lowest BCUT2D eigenvalue weighted by Gasteiger charge is -2.26. The van der Waals surface area contributed by atoms with Crippen molar-refractivity contribution in [2.75, 3.05) is 6.61 Å². The summed E-state index contributed by atoms with van der Waals surface area (Å²) in [5.41, 5.74) is -0.215. The third-order valence-corrected chi connectivity index (χ3v) is 3.98. The van der Waals surface area contributed by atoms with E-state index in [0.717, 1.165) is 6.42 Å². The molecule has 0 bridgehead atoms. The van der Waals surface area contributed by atoms with Crippen molar-refractivity contribution >= 4 is 0 Å². The molecule has 1 N–H and O–H groups in total. The number of aliphatic hydroxyl groups is 1. The molecule has 5 atom stereocenters. The lowest BCUT2D eigenvalue weighted by atomic mass is 9.91. The molecule has 3 saturated heterocycles. The molecule has 0 aromatic rings. The van der Waals surface area contributed by atoms with Crippen LogP contribution in [0.2, 0.25) is 0 Å². The van der Waals surface area contributed by atoms with Gasteiger partial charge in [0.05, 0.1) is 18.3 Å². The zero-order chi connectivity index (χ0) is 13.1. The van der Waals surface area contributed by atoms with Crippen molar-refractivity contribution < 1.29 is 24.1 Å². The molecule has 5 nitrogen and oxygen atoms in total. The van der Waals surface area contributed by atoms with Crippen molar-refractivity contribution in [2.24, 2.45) is 5.92 Å². The third-order valence-electron chi connectivity index (χ3n) is 3.98. The van der Waals surface area contributed by atoms with Crippen molar-refractivity contribution in [2.45, 2.75) is 70.1 Å². The molecule has 3 fully saturated rings. The van der Waals surface area contributed by atoms with Crippen molar-refractivity contribution in [1.29, 1.82) is 0 Å². The molecule has 0 spiro atoms. The maximum atomic E-state index is 10.4. The molecular weight excluding hydrogens is 236 g/mol. The van der Waals surface area contributed by atoms with E-state index in [1.54, 1.807) is 0 Å². The van der Waals surface area contributed by atoms with Crippen LogP contribution in [0, 0.1) is 5.92 Å². The zero-order valence-corrected chi connectivity index (χ0v) is 11.4. The van der Waals surface area contributed by atoms with Crippen LogP contribution in [0.3, 0.4) is 0 Å². The average Bonchev–Trinajstić information content (AvgIpc) is 2.81. The molecule has 104 valence electrons. The highest BCUT2D eigenvalue weighted by Crippen LogP contribution is 2.45. The number of aliphatic hydroxyl groups excluding tert-OH is 1. The molecule has 3 unspecified atom stereocenters. The molecule has 3 rings (SSSR count). The maximum absolute atomic E-state index is 10.4. The fourth-order valence-corrected chi connectivity index (χ4v) is 3.19. The number of fused-ring (bicyclic) bond motifs is 1.